The number of rotatable bonds is 4. The second-order valence-corrected chi connectivity index (χ2v) is 6.46. The maximum atomic E-state index is 14.2. The van der Waals surface area contributed by atoms with Crippen LogP contribution in [0.2, 0.25) is 0 Å². The fourth-order valence-corrected chi connectivity index (χ4v) is 3.57. The lowest BCUT2D eigenvalue weighted by molar-refractivity contribution is 0.102. The zero-order valence-corrected chi connectivity index (χ0v) is 14.6. The van der Waals surface area contributed by atoms with Crippen LogP contribution in [-0.4, -0.2) is 15.7 Å². The van der Waals surface area contributed by atoms with Crippen LogP contribution in [-0.2, 0) is 19.3 Å². The van der Waals surface area contributed by atoms with Crippen LogP contribution >= 0.6 is 0 Å². The predicted octanol–water partition coefficient (Wildman–Crippen LogP) is 4.31. The number of aromatic nitrogens is 2. The lowest BCUT2D eigenvalue weighted by Crippen LogP contribution is -2.16. The van der Waals surface area contributed by atoms with Crippen molar-refractivity contribution in [2.45, 2.75) is 32.6 Å². The highest BCUT2D eigenvalue weighted by molar-refractivity contribution is 6.04. The summed E-state index contributed by atoms with van der Waals surface area (Å²) in [5.74, 6) is -0.577. The maximum Gasteiger partial charge on any atom is 0.276 e. The first-order chi connectivity index (χ1) is 12.7. The number of benzene rings is 2. The van der Waals surface area contributed by atoms with Crippen molar-refractivity contribution >= 4 is 11.6 Å². The second kappa shape index (κ2) is 6.75. The van der Waals surface area contributed by atoms with Crippen molar-refractivity contribution in [3.05, 3.63) is 76.9 Å². The largest absolute Gasteiger partial charge is 0.320 e. The number of halogens is 1. The molecule has 0 fully saturated rings. The monoisotopic (exact) mass is 349 g/mol. The van der Waals surface area contributed by atoms with Crippen LogP contribution in [0.1, 0.15) is 40.7 Å². The molecule has 1 aliphatic carbocycles. The first-order valence-electron chi connectivity index (χ1n) is 8.94. The van der Waals surface area contributed by atoms with Gasteiger partial charge in [0.25, 0.3) is 5.91 Å². The number of anilines is 1. The number of aryl methyl sites for hydroxylation is 1. The Morgan fingerprint density at radius 3 is 2.73 bits per heavy atom. The van der Waals surface area contributed by atoms with Crippen LogP contribution in [0, 0.1) is 5.82 Å². The molecule has 5 heteroatoms. The van der Waals surface area contributed by atoms with Gasteiger partial charge in [0.05, 0.1) is 0 Å². The van der Waals surface area contributed by atoms with Crippen molar-refractivity contribution < 1.29 is 9.18 Å². The van der Waals surface area contributed by atoms with E-state index < -0.39 is 0 Å². The van der Waals surface area contributed by atoms with Crippen molar-refractivity contribution in [1.29, 1.82) is 0 Å². The molecule has 0 aliphatic heterocycles. The molecule has 4 nitrogen and oxygen atoms in total. The summed E-state index contributed by atoms with van der Waals surface area (Å²) in [4.78, 5) is 12.9. The van der Waals surface area contributed by atoms with E-state index in [4.69, 9.17) is 0 Å². The van der Waals surface area contributed by atoms with Gasteiger partial charge in [0.2, 0.25) is 0 Å². The normalized spacial score (nSPS) is 12.8. The van der Waals surface area contributed by atoms with Crippen molar-refractivity contribution in [3.63, 3.8) is 0 Å². The Labute approximate surface area is 151 Å². The van der Waals surface area contributed by atoms with E-state index in [-0.39, 0.29) is 11.7 Å². The van der Waals surface area contributed by atoms with Gasteiger partial charge in [-0.05, 0) is 49.4 Å². The van der Waals surface area contributed by atoms with Gasteiger partial charge in [0, 0.05) is 16.9 Å². The Balaban J connectivity index is 1.73. The number of hydrogen-bond donors (Lipinski definition) is 1. The fraction of sp³-hybridized carbons (Fsp3) is 0.238. The number of carbonyl (C=O) groups is 1. The van der Waals surface area contributed by atoms with Crippen LogP contribution in [0.25, 0.3) is 5.69 Å². The van der Waals surface area contributed by atoms with Gasteiger partial charge in [-0.1, -0.05) is 37.3 Å². The van der Waals surface area contributed by atoms with Gasteiger partial charge in [-0.15, -0.1) is 0 Å². The van der Waals surface area contributed by atoms with Gasteiger partial charge in [-0.3, -0.25) is 4.79 Å². The number of nitrogens with zero attached hydrogens (tertiary/aromatic N) is 2. The third-order valence-electron chi connectivity index (χ3n) is 4.87. The Bertz CT molecular complexity index is 977. The molecule has 0 spiro atoms. The molecule has 0 saturated carbocycles. The molecule has 0 radical (unpaired) electrons. The lowest BCUT2D eigenvalue weighted by Gasteiger charge is -2.09. The van der Waals surface area contributed by atoms with E-state index in [1.807, 2.05) is 24.3 Å². The Kier molecular flexibility index (Phi) is 4.29. The molecule has 4 rings (SSSR count). The molecule has 26 heavy (non-hydrogen) atoms. The molecule has 1 aliphatic rings. The van der Waals surface area contributed by atoms with Crippen LogP contribution in [0.4, 0.5) is 10.1 Å². The highest BCUT2D eigenvalue weighted by atomic mass is 19.1. The van der Waals surface area contributed by atoms with Gasteiger partial charge >= 0.3 is 0 Å². The standard InChI is InChI=1S/C21H20FN3O/c1-2-14-8-3-5-11-17(14)23-21(26)20-15-9-7-13-18(15)25(24-20)19-12-6-4-10-16(19)22/h3-6,8,10-12H,2,7,9,13H2,1H3,(H,23,26). The first-order valence-corrected chi connectivity index (χ1v) is 8.94. The molecular weight excluding hydrogens is 329 g/mol. The Hall–Kier alpha value is -2.95. The second-order valence-electron chi connectivity index (χ2n) is 6.46. The molecule has 0 bridgehead atoms. The highest BCUT2D eigenvalue weighted by Crippen LogP contribution is 2.29. The van der Waals surface area contributed by atoms with Crippen molar-refractivity contribution in [1.82, 2.24) is 9.78 Å². The van der Waals surface area contributed by atoms with E-state index in [0.717, 1.165) is 48.2 Å². The van der Waals surface area contributed by atoms with Gasteiger partial charge in [0.1, 0.15) is 11.5 Å². The van der Waals surface area contributed by atoms with Gasteiger partial charge in [-0.2, -0.15) is 5.10 Å². The number of carbonyl (C=O) groups excluding carboxylic acids is 1. The zero-order valence-electron chi connectivity index (χ0n) is 14.6. The van der Waals surface area contributed by atoms with Crippen LogP contribution < -0.4 is 5.32 Å². The topological polar surface area (TPSA) is 46.9 Å². The molecule has 0 unspecified atom stereocenters. The summed E-state index contributed by atoms with van der Waals surface area (Å²) in [6, 6.07) is 14.3. The predicted molar refractivity (Wildman–Crippen MR) is 99.3 cm³/mol. The Morgan fingerprint density at radius 2 is 1.92 bits per heavy atom. The molecule has 132 valence electrons. The highest BCUT2D eigenvalue weighted by Gasteiger charge is 2.28. The summed E-state index contributed by atoms with van der Waals surface area (Å²) < 4.78 is 15.8. The summed E-state index contributed by atoms with van der Waals surface area (Å²) in [6.45, 7) is 2.05. The van der Waals surface area contributed by atoms with Crippen LogP contribution in [0.5, 0.6) is 0 Å². The fourth-order valence-electron chi connectivity index (χ4n) is 3.57. The number of hydrogen-bond acceptors (Lipinski definition) is 2. The van der Waals surface area contributed by atoms with Crippen LogP contribution in [0.15, 0.2) is 48.5 Å². The van der Waals surface area contributed by atoms with Gasteiger partial charge < -0.3 is 5.32 Å². The zero-order chi connectivity index (χ0) is 18.1. The molecule has 1 heterocycles. The average Bonchev–Trinajstić information content (AvgIpc) is 3.25. The van der Waals surface area contributed by atoms with E-state index in [9.17, 15) is 9.18 Å². The number of amides is 1. The number of para-hydroxylation sites is 2. The lowest BCUT2D eigenvalue weighted by atomic mass is 10.1. The van der Waals surface area contributed by atoms with Crippen molar-refractivity contribution in [2.24, 2.45) is 0 Å². The summed E-state index contributed by atoms with van der Waals surface area (Å²) in [5.41, 5.74) is 4.52. The minimum Gasteiger partial charge on any atom is -0.320 e. The Morgan fingerprint density at radius 1 is 1.15 bits per heavy atom. The smallest absolute Gasteiger partial charge is 0.276 e. The van der Waals surface area contributed by atoms with Gasteiger partial charge in [-0.25, -0.2) is 9.07 Å². The minimum absolute atomic E-state index is 0.237. The third kappa shape index (κ3) is 2.79. The molecule has 2 aromatic carbocycles. The quantitative estimate of drug-likeness (QED) is 0.763. The van der Waals surface area contributed by atoms with Crippen molar-refractivity contribution in [3.8, 4) is 5.69 Å². The number of nitrogens with one attached hydrogen (secondary N) is 1. The summed E-state index contributed by atoms with van der Waals surface area (Å²) in [7, 11) is 0. The van der Waals surface area contributed by atoms with Crippen LogP contribution in [0.3, 0.4) is 0 Å². The van der Waals surface area contributed by atoms with E-state index in [1.54, 1.807) is 22.9 Å². The summed E-state index contributed by atoms with van der Waals surface area (Å²) >= 11 is 0. The average molecular weight is 349 g/mol. The molecule has 3 aromatic rings. The van der Waals surface area contributed by atoms with E-state index in [0.29, 0.717) is 11.4 Å². The maximum absolute atomic E-state index is 14.2. The molecule has 1 N–H and O–H groups in total. The molecule has 1 aromatic heterocycles. The third-order valence-corrected chi connectivity index (χ3v) is 4.87. The first kappa shape index (κ1) is 16.5. The molecule has 0 atom stereocenters. The summed E-state index contributed by atoms with van der Waals surface area (Å²) in [5, 5.41) is 7.46. The van der Waals surface area contributed by atoms with E-state index in [2.05, 4.69) is 17.3 Å². The summed E-state index contributed by atoms with van der Waals surface area (Å²) in [6.07, 6.45) is 3.38. The van der Waals surface area contributed by atoms with E-state index in [1.165, 1.54) is 6.07 Å². The molecule has 0 saturated heterocycles. The minimum atomic E-state index is -0.340. The SMILES string of the molecule is CCc1ccccc1NC(=O)c1nn(-c2ccccc2F)c2c1CCC2. The number of fused-ring (bicyclic) bond motifs is 1. The molecule has 1 amide bonds. The molecular formula is C21H20FN3O. The van der Waals surface area contributed by atoms with Crippen molar-refractivity contribution in [2.75, 3.05) is 5.32 Å². The van der Waals surface area contributed by atoms with E-state index >= 15 is 0 Å². The van der Waals surface area contributed by atoms with Gasteiger partial charge in [0.15, 0.2) is 5.69 Å².